The van der Waals surface area contributed by atoms with Crippen molar-refractivity contribution in [1.29, 1.82) is 0 Å². The molecule has 0 aliphatic heterocycles. The van der Waals surface area contributed by atoms with Crippen LogP contribution in [0.4, 0.5) is 21.7 Å². The number of benzene rings is 1. The van der Waals surface area contributed by atoms with Crippen molar-refractivity contribution in [1.82, 2.24) is 4.98 Å². The average Bonchev–Trinajstić information content (AvgIpc) is 2.42. The van der Waals surface area contributed by atoms with Gasteiger partial charge in [0, 0.05) is 11.3 Å². The van der Waals surface area contributed by atoms with Gasteiger partial charge in [-0.25, -0.2) is 9.37 Å². The number of anilines is 3. The maximum Gasteiger partial charge on any atom is 0.165 e. The third kappa shape index (κ3) is 3.81. The fraction of sp³-hybridized carbons (Fsp3) is 0.235. The van der Waals surface area contributed by atoms with E-state index < -0.39 is 5.82 Å². The van der Waals surface area contributed by atoms with Crippen LogP contribution >= 0.6 is 0 Å². The normalized spacial score (nSPS) is 10.7. The fourth-order valence-electron chi connectivity index (χ4n) is 2.16. The molecular weight excluding hydrogens is 265 g/mol. The van der Waals surface area contributed by atoms with Crippen molar-refractivity contribution in [2.24, 2.45) is 5.92 Å². The van der Waals surface area contributed by atoms with Crippen LogP contribution in [0.5, 0.6) is 0 Å². The Bertz CT molecular complexity index is 650. The lowest BCUT2D eigenvalue weighted by atomic mass is 10.0. The number of halogens is 1. The Morgan fingerprint density at radius 2 is 2.14 bits per heavy atom. The van der Waals surface area contributed by atoms with Crippen molar-refractivity contribution in [2.45, 2.75) is 20.3 Å². The maximum atomic E-state index is 13.4. The van der Waals surface area contributed by atoms with Gasteiger partial charge in [-0.1, -0.05) is 38.6 Å². The van der Waals surface area contributed by atoms with Gasteiger partial charge in [-0.05, 0) is 36.1 Å². The predicted molar refractivity (Wildman–Crippen MR) is 87.0 cm³/mol. The predicted octanol–water partition coefficient (Wildman–Crippen LogP) is 4.39. The van der Waals surface area contributed by atoms with E-state index in [9.17, 15) is 4.39 Å². The summed E-state index contributed by atoms with van der Waals surface area (Å²) in [6.45, 7) is 8.03. The van der Waals surface area contributed by atoms with Crippen molar-refractivity contribution in [3.05, 3.63) is 53.9 Å². The van der Waals surface area contributed by atoms with Gasteiger partial charge in [-0.2, -0.15) is 0 Å². The zero-order chi connectivity index (χ0) is 15.4. The molecule has 0 aliphatic carbocycles. The lowest BCUT2D eigenvalue weighted by Gasteiger charge is -2.12. The first-order valence-electron chi connectivity index (χ1n) is 6.94. The van der Waals surface area contributed by atoms with Crippen molar-refractivity contribution in [3.8, 4) is 0 Å². The minimum atomic E-state index is -0.538. The molecule has 0 saturated carbocycles. The molecule has 1 aromatic heterocycles. The molecule has 0 radical (unpaired) electrons. The van der Waals surface area contributed by atoms with Crippen molar-refractivity contribution < 1.29 is 4.39 Å². The summed E-state index contributed by atoms with van der Waals surface area (Å²) in [6, 6.07) is 9.41. The molecule has 3 N–H and O–H groups in total. The van der Waals surface area contributed by atoms with Crippen LogP contribution < -0.4 is 11.1 Å². The highest BCUT2D eigenvalue weighted by molar-refractivity contribution is 5.70. The van der Waals surface area contributed by atoms with Crippen molar-refractivity contribution in [2.75, 3.05) is 11.1 Å². The molecule has 2 aromatic rings. The van der Waals surface area contributed by atoms with E-state index in [1.807, 2.05) is 12.1 Å². The maximum absolute atomic E-state index is 13.4. The molecule has 0 aliphatic rings. The number of nitrogen functional groups attached to an aromatic ring is 1. The summed E-state index contributed by atoms with van der Waals surface area (Å²) >= 11 is 0. The van der Waals surface area contributed by atoms with Crippen LogP contribution in [0.1, 0.15) is 25.0 Å². The van der Waals surface area contributed by atoms with Crippen LogP contribution in [0.25, 0.3) is 6.08 Å². The summed E-state index contributed by atoms with van der Waals surface area (Å²) in [6.07, 6.45) is 2.55. The van der Waals surface area contributed by atoms with Gasteiger partial charge in [-0.15, -0.1) is 0 Å². The Hall–Kier alpha value is -2.36. The van der Waals surface area contributed by atoms with Gasteiger partial charge in [0.2, 0.25) is 0 Å². The number of hydrogen-bond acceptors (Lipinski definition) is 3. The molecular formula is C17H20FN3. The summed E-state index contributed by atoms with van der Waals surface area (Å²) in [5.41, 5.74) is 8.25. The Kier molecular flexibility index (Phi) is 4.58. The van der Waals surface area contributed by atoms with Crippen LogP contribution in [0.15, 0.2) is 36.9 Å². The lowest BCUT2D eigenvalue weighted by molar-refractivity contribution is 0.627. The highest BCUT2D eigenvalue weighted by Crippen LogP contribution is 2.24. The summed E-state index contributed by atoms with van der Waals surface area (Å²) in [5, 5.41) is 3.18. The van der Waals surface area contributed by atoms with Crippen LogP contribution in [-0.2, 0) is 6.42 Å². The molecule has 0 spiro atoms. The quantitative estimate of drug-likeness (QED) is 0.856. The molecule has 1 heterocycles. The van der Waals surface area contributed by atoms with Gasteiger partial charge in [0.15, 0.2) is 11.6 Å². The number of rotatable bonds is 5. The van der Waals surface area contributed by atoms with E-state index in [1.165, 1.54) is 11.6 Å². The minimum Gasteiger partial charge on any atom is -0.381 e. The number of pyridine rings is 1. The molecule has 21 heavy (non-hydrogen) atoms. The van der Waals surface area contributed by atoms with E-state index in [2.05, 4.69) is 42.9 Å². The zero-order valence-corrected chi connectivity index (χ0v) is 12.4. The molecule has 2 rings (SSSR count). The Balaban J connectivity index is 2.29. The average molecular weight is 285 g/mol. The van der Waals surface area contributed by atoms with Crippen molar-refractivity contribution >= 4 is 23.4 Å². The second kappa shape index (κ2) is 6.39. The molecule has 0 saturated heterocycles. The van der Waals surface area contributed by atoms with Gasteiger partial charge < -0.3 is 11.1 Å². The highest BCUT2D eigenvalue weighted by atomic mass is 19.1. The second-order valence-electron chi connectivity index (χ2n) is 5.42. The summed E-state index contributed by atoms with van der Waals surface area (Å²) < 4.78 is 13.4. The molecule has 4 heteroatoms. The Morgan fingerprint density at radius 3 is 2.81 bits per heavy atom. The molecule has 1 aromatic carbocycles. The third-order valence-corrected chi connectivity index (χ3v) is 3.09. The van der Waals surface area contributed by atoms with Crippen LogP contribution in [0.2, 0.25) is 0 Å². The monoisotopic (exact) mass is 285 g/mol. The van der Waals surface area contributed by atoms with E-state index in [-0.39, 0.29) is 5.82 Å². The summed E-state index contributed by atoms with van der Waals surface area (Å²) in [4.78, 5) is 4.05. The largest absolute Gasteiger partial charge is 0.381 e. The smallest absolute Gasteiger partial charge is 0.165 e. The zero-order valence-electron chi connectivity index (χ0n) is 12.4. The topological polar surface area (TPSA) is 50.9 Å². The first-order valence-corrected chi connectivity index (χ1v) is 6.94. The molecule has 0 amide bonds. The number of nitrogens with zero attached hydrogens (tertiary/aromatic N) is 1. The number of hydrogen-bond donors (Lipinski definition) is 2. The standard InChI is InChI=1S/C17H20FN3/c1-4-13-10-15(18)16(19)21-17(13)20-14-7-5-6-12(9-14)8-11(2)3/h4-7,9-11H,1,8H2,2-3H3,(H3,19,20,21). The minimum absolute atomic E-state index is 0.124. The van der Waals surface area contributed by atoms with E-state index >= 15 is 0 Å². The van der Waals surface area contributed by atoms with Gasteiger partial charge in [0.05, 0.1) is 0 Å². The second-order valence-corrected chi connectivity index (χ2v) is 5.42. The SMILES string of the molecule is C=Cc1cc(F)c(N)nc1Nc1cccc(CC(C)C)c1. The molecule has 110 valence electrons. The molecule has 0 unspecified atom stereocenters. The highest BCUT2D eigenvalue weighted by Gasteiger charge is 2.08. The van der Waals surface area contributed by atoms with E-state index in [0.29, 0.717) is 17.3 Å². The molecule has 0 atom stereocenters. The van der Waals surface area contributed by atoms with E-state index in [0.717, 1.165) is 12.1 Å². The number of aromatic nitrogens is 1. The van der Waals surface area contributed by atoms with Crippen LogP contribution in [0.3, 0.4) is 0 Å². The van der Waals surface area contributed by atoms with E-state index in [4.69, 9.17) is 5.73 Å². The first-order chi connectivity index (χ1) is 9.99. The Morgan fingerprint density at radius 1 is 1.38 bits per heavy atom. The van der Waals surface area contributed by atoms with Crippen molar-refractivity contribution in [3.63, 3.8) is 0 Å². The van der Waals surface area contributed by atoms with Gasteiger partial charge >= 0.3 is 0 Å². The third-order valence-electron chi connectivity index (χ3n) is 3.09. The molecule has 3 nitrogen and oxygen atoms in total. The summed E-state index contributed by atoms with van der Waals surface area (Å²) in [7, 11) is 0. The molecule has 0 bridgehead atoms. The van der Waals surface area contributed by atoms with Gasteiger partial charge in [-0.3, -0.25) is 0 Å². The number of nitrogens with two attached hydrogens (primary N) is 1. The Labute approximate surface area is 124 Å². The molecule has 0 fully saturated rings. The van der Waals surface area contributed by atoms with Crippen LogP contribution in [-0.4, -0.2) is 4.98 Å². The summed E-state index contributed by atoms with van der Waals surface area (Å²) in [5.74, 6) is 0.430. The van der Waals surface area contributed by atoms with Gasteiger partial charge in [0.1, 0.15) is 5.82 Å². The van der Waals surface area contributed by atoms with E-state index in [1.54, 1.807) is 6.08 Å². The van der Waals surface area contributed by atoms with Crippen LogP contribution in [0, 0.1) is 11.7 Å². The first kappa shape index (κ1) is 15.0. The lowest BCUT2D eigenvalue weighted by Crippen LogP contribution is -2.03. The van der Waals surface area contributed by atoms with Gasteiger partial charge in [0.25, 0.3) is 0 Å². The fourth-order valence-corrected chi connectivity index (χ4v) is 2.16. The number of nitrogens with one attached hydrogen (secondary N) is 1.